The zero-order valence-corrected chi connectivity index (χ0v) is 12.6. The van der Waals surface area contributed by atoms with Crippen molar-refractivity contribution in [2.45, 2.75) is 32.4 Å². The molecule has 6 heteroatoms. The van der Waals surface area contributed by atoms with Crippen LogP contribution in [0.4, 0.5) is 5.69 Å². The molecule has 0 spiro atoms. The smallest absolute Gasteiger partial charge is 0.287 e. The predicted octanol–water partition coefficient (Wildman–Crippen LogP) is 3.11. The number of aromatic nitrogens is 2. The van der Waals surface area contributed by atoms with Gasteiger partial charge in [-0.25, -0.2) is 4.68 Å². The van der Waals surface area contributed by atoms with Gasteiger partial charge in [0.1, 0.15) is 10.8 Å². The highest BCUT2D eigenvalue weighted by Crippen LogP contribution is 2.18. The summed E-state index contributed by atoms with van der Waals surface area (Å²) in [4.78, 5) is 12.0. The monoisotopic (exact) mass is 307 g/mol. The van der Waals surface area contributed by atoms with Crippen LogP contribution in [-0.2, 0) is 13.0 Å². The summed E-state index contributed by atoms with van der Waals surface area (Å²) in [6.45, 7) is 5.94. The average molecular weight is 308 g/mol. The minimum atomic E-state index is -0.320. The lowest BCUT2D eigenvalue weighted by molar-refractivity contribution is 0.495. The number of allylic oxidation sites excluding steroid dienone is 1. The first-order chi connectivity index (χ1) is 10.1. The quantitative estimate of drug-likeness (QED) is 0.798. The molecule has 112 valence electrons. The van der Waals surface area contributed by atoms with Crippen molar-refractivity contribution >= 4 is 17.3 Å². The van der Waals surface area contributed by atoms with Gasteiger partial charge in [0.2, 0.25) is 0 Å². The van der Waals surface area contributed by atoms with E-state index < -0.39 is 0 Å². The molecule has 2 aromatic rings. The van der Waals surface area contributed by atoms with Gasteiger partial charge in [-0.2, -0.15) is 5.10 Å². The molecule has 0 aliphatic rings. The van der Waals surface area contributed by atoms with Gasteiger partial charge >= 0.3 is 0 Å². The number of halogens is 1. The van der Waals surface area contributed by atoms with Crippen LogP contribution in [0, 0.1) is 0 Å². The van der Waals surface area contributed by atoms with E-state index in [1.807, 2.05) is 19.1 Å². The molecule has 1 N–H and O–H groups in total. The summed E-state index contributed by atoms with van der Waals surface area (Å²) in [6.07, 6.45) is 6.51. The summed E-state index contributed by atoms with van der Waals surface area (Å²) < 4.78 is 6.56. The second-order valence-electron chi connectivity index (χ2n) is 4.81. The molecule has 1 atom stereocenters. The standard InChI is InChI=1S/C15H18ClN3O2/c1-3-8-19-15(20)14(16)13(10-17-19)18-11(2)6-7-12-5-4-9-21-12/h3-5,9-11,18H,1,6-8H2,2H3. The summed E-state index contributed by atoms with van der Waals surface area (Å²) in [5.74, 6) is 0.939. The van der Waals surface area contributed by atoms with Crippen molar-refractivity contribution in [3.8, 4) is 0 Å². The Balaban J connectivity index is 2.00. The molecule has 0 saturated heterocycles. The molecule has 0 fully saturated rings. The molecule has 1 unspecified atom stereocenters. The SMILES string of the molecule is C=CCn1ncc(NC(C)CCc2ccco2)c(Cl)c1=O. The van der Waals surface area contributed by atoms with Crippen LogP contribution < -0.4 is 10.9 Å². The second-order valence-corrected chi connectivity index (χ2v) is 5.19. The van der Waals surface area contributed by atoms with Crippen LogP contribution in [0.1, 0.15) is 19.1 Å². The van der Waals surface area contributed by atoms with Gasteiger partial charge < -0.3 is 9.73 Å². The average Bonchev–Trinajstić information content (AvgIpc) is 2.98. The van der Waals surface area contributed by atoms with Crippen molar-refractivity contribution in [3.63, 3.8) is 0 Å². The number of anilines is 1. The lowest BCUT2D eigenvalue weighted by atomic mass is 10.1. The van der Waals surface area contributed by atoms with E-state index in [2.05, 4.69) is 17.0 Å². The van der Waals surface area contributed by atoms with Gasteiger partial charge in [0.25, 0.3) is 5.56 Å². The fourth-order valence-electron chi connectivity index (χ4n) is 1.97. The molecule has 0 aliphatic heterocycles. The molecule has 0 aromatic carbocycles. The van der Waals surface area contributed by atoms with Gasteiger partial charge in [0.15, 0.2) is 0 Å². The van der Waals surface area contributed by atoms with Crippen molar-refractivity contribution in [1.29, 1.82) is 0 Å². The van der Waals surface area contributed by atoms with E-state index in [9.17, 15) is 4.79 Å². The first-order valence-electron chi connectivity index (χ1n) is 6.77. The van der Waals surface area contributed by atoms with Crippen molar-refractivity contribution in [3.05, 3.63) is 58.4 Å². The molecular weight excluding hydrogens is 290 g/mol. The zero-order valence-electron chi connectivity index (χ0n) is 11.9. The van der Waals surface area contributed by atoms with Crippen LogP contribution in [0.25, 0.3) is 0 Å². The highest BCUT2D eigenvalue weighted by atomic mass is 35.5. The molecule has 0 radical (unpaired) electrons. The van der Waals surface area contributed by atoms with Crippen LogP contribution in [0.5, 0.6) is 0 Å². The number of rotatable bonds is 7. The largest absolute Gasteiger partial charge is 0.469 e. The third-order valence-electron chi connectivity index (χ3n) is 3.09. The normalized spacial score (nSPS) is 12.1. The molecule has 2 rings (SSSR count). The van der Waals surface area contributed by atoms with Crippen LogP contribution >= 0.6 is 11.6 Å². The van der Waals surface area contributed by atoms with E-state index in [0.717, 1.165) is 18.6 Å². The zero-order chi connectivity index (χ0) is 15.2. The van der Waals surface area contributed by atoms with Gasteiger partial charge in [-0.1, -0.05) is 17.7 Å². The lowest BCUT2D eigenvalue weighted by Crippen LogP contribution is -2.25. The number of hydrogen-bond acceptors (Lipinski definition) is 4. The van der Waals surface area contributed by atoms with E-state index >= 15 is 0 Å². The maximum absolute atomic E-state index is 12.0. The number of hydrogen-bond donors (Lipinski definition) is 1. The Labute approximate surface area is 128 Å². The first-order valence-corrected chi connectivity index (χ1v) is 7.15. The maximum Gasteiger partial charge on any atom is 0.287 e. The number of furan rings is 1. The van der Waals surface area contributed by atoms with Gasteiger partial charge in [-0.15, -0.1) is 6.58 Å². The van der Waals surface area contributed by atoms with Gasteiger partial charge in [0.05, 0.1) is 24.7 Å². The number of nitrogens with zero attached hydrogens (tertiary/aromatic N) is 2. The van der Waals surface area contributed by atoms with Gasteiger partial charge in [0, 0.05) is 12.5 Å². The summed E-state index contributed by atoms with van der Waals surface area (Å²) in [5, 5.41) is 7.42. The Bertz CT molecular complexity index is 649. The van der Waals surface area contributed by atoms with Gasteiger partial charge in [-0.05, 0) is 25.5 Å². The minimum absolute atomic E-state index is 0.143. The summed E-state index contributed by atoms with van der Waals surface area (Å²) in [5.41, 5.74) is 0.230. The van der Waals surface area contributed by atoms with Crippen molar-refractivity contribution in [2.75, 3.05) is 5.32 Å². The summed E-state index contributed by atoms with van der Waals surface area (Å²) in [7, 11) is 0. The van der Waals surface area contributed by atoms with Crippen molar-refractivity contribution in [2.24, 2.45) is 0 Å². The van der Waals surface area contributed by atoms with Crippen molar-refractivity contribution < 1.29 is 4.42 Å². The summed E-state index contributed by atoms with van der Waals surface area (Å²) >= 11 is 6.09. The van der Waals surface area contributed by atoms with Crippen LogP contribution in [0.15, 0.2) is 46.5 Å². The molecule has 2 aromatic heterocycles. The van der Waals surface area contributed by atoms with E-state index in [0.29, 0.717) is 12.2 Å². The second kappa shape index (κ2) is 7.13. The third-order valence-corrected chi connectivity index (χ3v) is 3.46. The molecule has 21 heavy (non-hydrogen) atoms. The molecule has 5 nitrogen and oxygen atoms in total. The molecule has 0 saturated carbocycles. The van der Waals surface area contributed by atoms with Crippen LogP contribution in [-0.4, -0.2) is 15.8 Å². The Hall–Kier alpha value is -2.01. The number of aryl methyl sites for hydroxylation is 1. The van der Waals surface area contributed by atoms with E-state index in [-0.39, 0.29) is 16.6 Å². The molecule has 2 heterocycles. The molecule has 0 amide bonds. The fraction of sp³-hybridized carbons (Fsp3) is 0.333. The topological polar surface area (TPSA) is 60.1 Å². The first kappa shape index (κ1) is 15.4. The highest BCUT2D eigenvalue weighted by Gasteiger charge is 2.11. The Morgan fingerprint density at radius 2 is 2.43 bits per heavy atom. The predicted molar refractivity (Wildman–Crippen MR) is 83.8 cm³/mol. The Morgan fingerprint density at radius 1 is 1.62 bits per heavy atom. The molecular formula is C15H18ClN3O2. The third kappa shape index (κ3) is 3.98. The van der Waals surface area contributed by atoms with E-state index in [1.165, 1.54) is 4.68 Å². The van der Waals surface area contributed by atoms with E-state index in [1.54, 1.807) is 18.5 Å². The highest BCUT2D eigenvalue weighted by molar-refractivity contribution is 6.32. The molecule has 0 bridgehead atoms. The lowest BCUT2D eigenvalue weighted by Gasteiger charge is -2.15. The molecule has 0 aliphatic carbocycles. The Morgan fingerprint density at radius 3 is 3.10 bits per heavy atom. The minimum Gasteiger partial charge on any atom is -0.469 e. The van der Waals surface area contributed by atoms with E-state index in [4.69, 9.17) is 16.0 Å². The van der Waals surface area contributed by atoms with Crippen LogP contribution in [0.3, 0.4) is 0 Å². The van der Waals surface area contributed by atoms with Crippen molar-refractivity contribution in [1.82, 2.24) is 9.78 Å². The fourth-order valence-corrected chi connectivity index (χ4v) is 2.17. The van der Waals surface area contributed by atoms with Gasteiger partial charge in [-0.3, -0.25) is 4.79 Å². The summed E-state index contributed by atoms with van der Waals surface area (Å²) in [6, 6.07) is 3.95. The Kier molecular flexibility index (Phi) is 5.22. The maximum atomic E-state index is 12.0. The van der Waals surface area contributed by atoms with Crippen LogP contribution in [0.2, 0.25) is 5.02 Å². The number of nitrogens with one attached hydrogen (secondary N) is 1.